The SMILES string of the molecule is Cn1nc2c(=O)n(CC3(O)CCNCC3)cnc2c1-c1ccc2c(c1)CCC2. The predicted octanol–water partition coefficient (Wildman–Crippen LogP) is 1.40. The summed E-state index contributed by atoms with van der Waals surface area (Å²) in [6.45, 7) is 1.77. The Kier molecular flexibility index (Phi) is 4.10. The molecule has 28 heavy (non-hydrogen) atoms. The van der Waals surface area contributed by atoms with Crippen LogP contribution in [-0.2, 0) is 26.4 Å². The summed E-state index contributed by atoms with van der Waals surface area (Å²) in [4.78, 5) is 17.6. The van der Waals surface area contributed by atoms with Crippen molar-refractivity contribution in [2.24, 2.45) is 7.05 Å². The number of rotatable bonds is 3. The van der Waals surface area contributed by atoms with Crippen molar-refractivity contribution in [3.63, 3.8) is 0 Å². The van der Waals surface area contributed by atoms with Crippen LogP contribution in [-0.4, -0.2) is 43.1 Å². The van der Waals surface area contributed by atoms with Crippen LogP contribution in [0.3, 0.4) is 0 Å². The highest BCUT2D eigenvalue weighted by Crippen LogP contribution is 2.30. The van der Waals surface area contributed by atoms with Gasteiger partial charge in [0.15, 0.2) is 5.52 Å². The van der Waals surface area contributed by atoms with E-state index in [2.05, 4.69) is 33.6 Å². The number of benzene rings is 1. The van der Waals surface area contributed by atoms with E-state index in [-0.39, 0.29) is 12.1 Å². The van der Waals surface area contributed by atoms with E-state index in [4.69, 9.17) is 0 Å². The molecule has 0 bridgehead atoms. The molecule has 0 saturated carbocycles. The smallest absolute Gasteiger partial charge is 0.281 e. The van der Waals surface area contributed by atoms with Crippen LogP contribution in [0.1, 0.15) is 30.4 Å². The highest BCUT2D eigenvalue weighted by molar-refractivity contribution is 5.89. The third kappa shape index (κ3) is 2.86. The molecule has 2 aromatic heterocycles. The van der Waals surface area contributed by atoms with Gasteiger partial charge in [0.05, 0.1) is 24.2 Å². The standard InChI is InChI=1S/C21H25N5O2/c1-25-19(16-6-5-14-3-2-4-15(14)11-16)17-18(24-25)20(27)26(13-23-17)12-21(28)7-9-22-10-8-21/h5-6,11,13,22,28H,2-4,7-10,12H2,1H3. The Morgan fingerprint density at radius 1 is 1.18 bits per heavy atom. The summed E-state index contributed by atoms with van der Waals surface area (Å²) >= 11 is 0. The number of aromatic nitrogens is 4. The van der Waals surface area contributed by atoms with Gasteiger partial charge in [-0.1, -0.05) is 12.1 Å². The largest absolute Gasteiger partial charge is 0.388 e. The van der Waals surface area contributed by atoms with E-state index in [1.165, 1.54) is 22.1 Å². The Hall–Kier alpha value is -2.51. The second kappa shape index (κ2) is 6.53. The molecule has 7 heteroatoms. The maximum atomic E-state index is 13.0. The molecule has 1 fully saturated rings. The van der Waals surface area contributed by atoms with Crippen LogP contribution in [0.25, 0.3) is 22.3 Å². The first-order chi connectivity index (χ1) is 13.5. The lowest BCUT2D eigenvalue weighted by atomic mass is 9.92. The van der Waals surface area contributed by atoms with E-state index in [9.17, 15) is 9.90 Å². The lowest BCUT2D eigenvalue weighted by Gasteiger charge is -2.32. The van der Waals surface area contributed by atoms with Gasteiger partial charge in [-0.25, -0.2) is 4.98 Å². The Bertz CT molecular complexity index is 1110. The molecule has 0 amide bonds. The van der Waals surface area contributed by atoms with Gasteiger partial charge >= 0.3 is 0 Å². The van der Waals surface area contributed by atoms with Gasteiger partial charge in [0.1, 0.15) is 5.52 Å². The molecule has 1 saturated heterocycles. The van der Waals surface area contributed by atoms with Crippen LogP contribution in [0, 0.1) is 0 Å². The highest BCUT2D eigenvalue weighted by atomic mass is 16.3. The van der Waals surface area contributed by atoms with Gasteiger partial charge in [-0.2, -0.15) is 5.10 Å². The predicted molar refractivity (Wildman–Crippen MR) is 107 cm³/mol. The summed E-state index contributed by atoms with van der Waals surface area (Å²) in [6, 6.07) is 6.50. The number of aryl methyl sites for hydroxylation is 3. The van der Waals surface area contributed by atoms with E-state index in [0.717, 1.165) is 37.2 Å². The molecule has 0 unspecified atom stereocenters. The summed E-state index contributed by atoms with van der Waals surface area (Å²) in [5.74, 6) is 0. The number of hydrogen-bond donors (Lipinski definition) is 2. The van der Waals surface area contributed by atoms with Gasteiger partial charge in [-0.3, -0.25) is 14.0 Å². The fourth-order valence-electron chi connectivity index (χ4n) is 4.62. The molecule has 5 rings (SSSR count). The second-order valence-electron chi connectivity index (χ2n) is 8.16. The Morgan fingerprint density at radius 2 is 1.96 bits per heavy atom. The average molecular weight is 379 g/mol. The van der Waals surface area contributed by atoms with E-state index >= 15 is 0 Å². The Labute approximate surface area is 163 Å². The fraction of sp³-hybridized carbons (Fsp3) is 0.476. The number of nitrogens with zero attached hydrogens (tertiary/aromatic N) is 4. The van der Waals surface area contributed by atoms with Crippen molar-refractivity contribution in [3.8, 4) is 11.3 Å². The molecule has 146 valence electrons. The minimum Gasteiger partial charge on any atom is -0.388 e. The van der Waals surface area contributed by atoms with Crippen molar-refractivity contribution in [3.05, 3.63) is 46.0 Å². The van der Waals surface area contributed by atoms with Crippen molar-refractivity contribution in [1.29, 1.82) is 0 Å². The van der Waals surface area contributed by atoms with Crippen LogP contribution < -0.4 is 10.9 Å². The van der Waals surface area contributed by atoms with Gasteiger partial charge in [-0.05, 0) is 62.4 Å². The zero-order valence-corrected chi connectivity index (χ0v) is 16.1. The van der Waals surface area contributed by atoms with E-state index in [1.807, 2.05) is 7.05 Å². The zero-order chi connectivity index (χ0) is 19.3. The summed E-state index contributed by atoms with van der Waals surface area (Å²) in [5, 5.41) is 18.5. The first kappa shape index (κ1) is 17.6. The van der Waals surface area contributed by atoms with Crippen molar-refractivity contribution in [2.45, 2.75) is 44.2 Å². The Balaban J connectivity index is 1.57. The van der Waals surface area contributed by atoms with Crippen LogP contribution in [0.2, 0.25) is 0 Å². The monoisotopic (exact) mass is 379 g/mol. The van der Waals surface area contributed by atoms with Gasteiger partial charge in [-0.15, -0.1) is 0 Å². The van der Waals surface area contributed by atoms with Gasteiger partial charge in [0, 0.05) is 12.6 Å². The van der Waals surface area contributed by atoms with E-state index < -0.39 is 5.60 Å². The first-order valence-corrected chi connectivity index (χ1v) is 10.0. The number of aliphatic hydroxyl groups is 1. The molecule has 1 aromatic carbocycles. The summed E-state index contributed by atoms with van der Waals surface area (Å²) in [5.41, 5.74) is 4.63. The first-order valence-electron chi connectivity index (χ1n) is 10.0. The number of hydrogen-bond acceptors (Lipinski definition) is 5. The molecule has 0 spiro atoms. The summed E-state index contributed by atoms with van der Waals surface area (Å²) in [6.07, 6.45) is 6.26. The summed E-state index contributed by atoms with van der Waals surface area (Å²) < 4.78 is 3.26. The van der Waals surface area contributed by atoms with Gasteiger partial charge < -0.3 is 10.4 Å². The second-order valence-corrected chi connectivity index (χ2v) is 8.16. The van der Waals surface area contributed by atoms with Gasteiger partial charge in [0.2, 0.25) is 0 Å². The molecule has 3 heterocycles. The van der Waals surface area contributed by atoms with Crippen LogP contribution >= 0.6 is 0 Å². The minimum absolute atomic E-state index is 0.194. The third-order valence-corrected chi connectivity index (χ3v) is 6.18. The van der Waals surface area contributed by atoms with Crippen LogP contribution in [0.4, 0.5) is 0 Å². The average Bonchev–Trinajstić information content (AvgIpc) is 3.28. The van der Waals surface area contributed by atoms with Crippen LogP contribution in [0.15, 0.2) is 29.3 Å². The minimum atomic E-state index is -0.873. The van der Waals surface area contributed by atoms with Crippen molar-refractivity contribution in [2.75, 3.05) is 13.1 Å². The topological polar surface area (TPSA) is 85.0 Å². The van der Waals surface area contributed by atoms with Crippen LogP contribution in [0.5, 0.6) is 0 Å². The lowest BCUT2D eigenvalue weighted by molar-refractivity contribution is -0.00628. The fourth-order valence-corrected chi connectivity index (χ4v) is 4.62. The molecule has 0 radical (unpaired) electrons. The molecule has 2 N–H and O–H groups in total. The summed E-state index contributed by atoms with van der Waals surface area (Å²) in [7, 11) is 1.86. The molecular formula is C21H25N5O2. The molecule has 3 aromatic rings. The molecule has 1 aliphatic heterocycles. The molecule has 0 atom stereocenters. The maximum absolute atomic E-state index is 13.0. The third-order valence-electron chi connectivity index (χ3n) is 6.18. The molecule has 2 aliphatic rings. The van der Waals surface area contributed by atoms with E-state index in [0.29, 0.717) is 23.9 Å². The quantitative estimate of drug-likeness (QED) is 0.719. The van der Waals surface area contributed by atoms with Crippen molar-refractivity contribution in [1.82, 2.24) is 24.6 Å². The normalized spacial score (nSPS) is 18.5. The lowest BCUT2D eigenvalue weighted by Crippen LogP contribution is -2.46. The maximum Gasteiger partial charge on any atom is 0.281 e. The number of piperidine rings is 1. The number of nitrogens with one attached hydrogen (secondary N) is 1. The highest BCUT2D eigenvalue weighted by Gasteiger charge is 2.30. The van der Waals surface area contributed by atoms with Crippen molar-refractivity contribution < 1.29 is 5.11 Å². The van der Waals surface area contributed by atoms with E-state index in [1.54, 1.807) is 11.0 Å². The molecule has 7 nitrogen and oxygen atoms in total. The number of fused-ring (bicyclic) bond motifs is 2. The Morgan fingerprint density at radius 3 is 2.79 bits per heavy atom. The zero-order valence-electron chi connectivity index (χ0n) is 16.1. The van der Waals surface area contributed by atoms with Crippen molar-refractivity contribution >= 4 is 11.0 Å². The van der Waals surface area contributed by atoms with Gasteiger partial charge in [0.25, 0.3) is 5.56 Å². The molecule has 1 aliphatic carbocycles. The molecular weight excluding hydrogens is 354 g/mol.